The first kappa shape index (κ1) is 15.9. The molecule has 0 atom stereocenters. The van der Waals surface area contributed by atoms with E-state index in [1.54, 1.807) is 10.6 Å². The molecule has 0 saturated carbocycles. The van der Waals surface area contributed by atoms with Crippen molar-refractivity contribution in [1.29, 1.82) is 0 Å². The number of hydrogen-bond acceptors (Lipinski definition) is 3. The minimum absolute atomic E-state index is 0.0891. The molecular formula is C19H19N3O2. The lowest BCUT2D eigenvalue weighted by atomic mass is 10.1. The SMILES string of the molecule is CCn1c(=O)c(C(=O)Nc2ccc(C)c(C)c2)nc2ccccc21. The Morgan fingerprint density at radius 3 is 2.58 bits per heavy atom. The van der Waals surface area contributed by atoms with Crippen molar-refractivity contribution in [2.75, 3.05) is 5.32 Å². The molecule has 0 aliphatic heterocycles. The summed E-state index contributed by atoms with van der Waals surface area (Å²) in [7, 11) is 0. The molecule has 5 nitrogen and oxygen atoms in total. The molecule has 24 heavy (non-hydrogen) atoms. The van der Waals surface area contributed by atoms with Crippen molar-refractivity contribution in [1.82, 2.24) is 9.55 Å². The van der Waals surface area contributed by atoms with Gasteiger partial charge in [0.2, 0.25) is 0 Å². The summed E-state index contributed by atoms with van der Waals surface area (Å²) in [5.41, 5.74) is 3.76. The normalized spacial score (nSPS) is 10.8. The third-order valence-corrected chi connectivity index (χ3v) is 4.15. The average molecular weight is 321 g/mol. The largest absolute Gasteiger partial charge is 0.320 e. The number of benzene rings is 2. The van der Waals surface area contributed by atoms with Crippen molar-refractivity contribution >= 4 is 22.6 Å². The number of fused-ring (bicyclic) bond motifs is 1. The lowest BCUT2D eigenvalue weighted by Crippen LogP contribution is -2.31. The van der Waals surface area contributed by atoms with Crippen molar-refractivity contribution < 1.29 is 4.79 Å². The molecule has 122 valence electrons. The zero-order valence-corrected chi connectivity index (χ0v) is 14.0. The van der Waals surface area contributed by atoms with E-state index in [9.17, 15) is 9.59 Å². The monoisotopic (exact) mass is 321 g/mol. The van der Waals surface area contributed by atoms with E-state index in [1.807, 2.05) is 57.2 Å². The van der Waals surface area contributed by atoms with E-state index in [1.165, 1.54) is 0 Å². The third kappa shape index (κ3) is 2.80. The van der Waals surface area contributed by atoms with Crippen LogP contribution in [0.1, 0.15) is 28.5 Å². The summed E-state index contributed by atoms with van der Waals surface area (Å²) in [5, 5.41) is 2.77. The van der Waals surface area contributed by atoms with Crippen molar-refractivity contribution in [3.63, 3.8) is 0 Å². The molecule has 0 bridgehead atoms. The number of anilines is 1. The van der Waals surface area contributed by atoms with Crippen LogP contribution >= 0.6 is 0 Å². The second-order valence-electron chi connectivity index (χ2n) is 5.75. The highest BCUT2D eigenvalue weighted by Crippen LogP contribution is 2.15. The van der Waals surface area contributed by atoms with Gasteiger partial charge in [0.25, 0.3) is 11.5 Å². The highest BCUT2D eigenvalue weighted by atomic mass is 16.2. The molecule has 5 heteroatoms. The van der Waals surface area contributed by atoms with Crippen LogP contribution in [0.5, 0.6) is 0 Å². The van der Waals surface area contributed by atoms with Crippen LogP contribution in [0.4, 0.5) is 5.69 Å². The van der Waals surface area contributed by atoms with E-state index in [0.717, 1.165) is 16.6 Å². The van der Waals surface area contributed by atoms with Gasteiger partial charge in [-0.25, -0.2) is 4.98 Å². The summed E-state index contributed by atoms with van der Waals surface area (Å²) < 4.78 is 1.57. The van der Waals surface area contributed by atoms with Crippen LogP contribution in [-0.4, -0.2) is 15.5 Å². The number of para-hydroxylation sites is 2. The minimum Gasteiger partial charge on any atom is -0.320 e. The topological polar surface area (TPSA) is 64.0 Å². The molecule has 0 unspecified atom stereocenters. The predicted molar refractivity (Wildman–Crippen MR) is 95.5 cm³/mol. The number of nitrogens with one attached hydrogen (secondary N) is 1. The van der Waals surface area contributed by atoms with Crippen molar-refractivity contribution in [2.24, 2.45) is 0 Å². The molecule has 2 aromatic carbocycles. The van der Waals surface area contributed by atoms with Gasteiger partial charge in [0.15, 0.2) is 5.69 Å². The Morgan fingerprint density at radius 1 is 1.12 bits per heavy atom. The number of nitrogens with zero attached hydrogens (tertiary/aromatic N) is 2. The molecule has 0 spiro atoms. The quantitative estimate of drug-likeness (QED) is 0.805. The fourth-order valence-corrected chi connectivity index (χ4v) is 2.66. The summed E-state index contributed by atoms with van der Waals surface area (Å²) in [5.74, 6) is -0.490. The first-order valence-corrected chi connectivity index (χ1v) is 7.89. The fraction of sp³-hybridized carbons (Fsp3) is 0.211. The highest BCUT2D eigenvalue weighted by molar-refractivity contribution is 6.03. The van der Waals surface area contributed by atoms with Gasteiger partial charge in [-0.3, -0.25) is 9.59 Å². The Hall–Kier alpha value is -2.95. The van der Waals surface area contributed by atoms with E-state index < -0.39 is 5.91 Å². The Labute approximate surface area is 140 Å². The smallest absolute Gasteiger partial charge is 0.282 e. The van der Waals surface area contributed by atoms with Gasteiger partial charge in [0, 0.05) is 12.2 Å². The van der Waals surface area contributed by atoms with Crippen LogP contribution < -0.4 is 10.9 Å². The second kappa shape index (κ2) is 6.28. The van der Waals surface area contributed by atoms with Crippen LogP contribution in [0, 0.1) is 13.8 Å². The van der Waals surface area contributed by atoms with Gasteiger partial charge in [-0.15, -0.1) is 0 Å². The Morgan fingerprint density at radius 2 is 1.88 bits per heavy atom. The maximum Gasteiger partial charge on any atom is 0.282 e. The lowest BCUT2D eigenvalue weighted by Gasteiger charge is -2.11. The molecule has 0 fully saturated rings. The number of hydrogen-bond donors (Lipinski definition) is 1. The predicted octanol–water partition coefficient (Wildman–Crippen LogP) is 3.29. The summed E-state index contributed by atoms with van der Waals surface area (Å²) >= 11 is 0. The number of carbonyl (C=O) groups excluding carboxylic acids is 1. The van der Waals surface area contributed by atoms with Crippen molar-refractivity contribution in [3.05, 3.63) is 69.6 Å². The third-order valence-electron chi connectivity index (χ3n) is 4.15. The molecule has 1 amide bonds. The second-order valence-corrected chi connectivity index (χ2v) is 5.75. The van der Waals surface area contributed by atoms with Crippen LogP contribution in [-0.2, 0) is 6.54 Å². The van der Waals surface area contributed by atoms with Gasteiger partial charge < -0.3 is 9.88 Å². The van der Waals surface area contributed by atoms with Crippen LogP contribution in [0.25, 0.3) is 11.0 Å². The minimum atomic E-state index is -0.490. The van der Waals surface area contributed by atoms with Crippen molar-refractivity contribution in [2.45, 2.75) is 27.3 Å². The first-order chi connectivity index (χ1) is 11.5. The van der Waals surface area contributed by atoms with Gasteiger partial charge in [0.1, 0.15) is 0 Å². The molecule has 0 aliphatic carbocycles. The Bertz CT molecular complexity index is 990. The van der Waals surface area contributed by atoms with Gasteiger partial charge in [-0.2, -0.15) is 0 Å². The summed E-state index contributed by atoms with van der Waals surface area (Å²) in [4.78, 5) is 29.4. The van der Waals surface area contributed by atoms with E-state index in [2.05, 4.69) is 10.3 Å². The zero-order valence-electron chi connectivity index (χ0n) is 14.0. The van der Waals surface area contributed by atoms with Crippen LogP contribution in [0.3, 0.4) is 0 Å². The van der Waals surface area contributed by atoms with Gasteiger partial charge in [-0.1, -0.05) is 18.2 Å². The number of carbonyl (C=O) groups is 1. The summed E-state index contributed by atoms with van der Waals surface area (Å²) in [6, 6.07) is 13.0. The Balaban J connectivity index is 2.05. The van der Waals surface area contributed by atoms with E-state index in [4.69, 9.17) is 0 Å². The number of amides is 1. The van der Waals surface area contributed by atoms with Gasteiger partial charge >= 0.3 is 0 Å². The van der Waals surface area contributed by atoms with Gasteiger partial charge in [-0.05, 0) is 56.2 Å². The molecular weight excluding hydrogens is 302 g/mol. The molecule has 1 heterocycles. The molecule has 3 rings (SSSR count). The maximum absolute atomic E-state index is 12.6. The molecule has 3 aromatic rings. The first-order valence-electron chi connectivity index (χ1n) is 7.89. The summed E-state index contributed by atoms with van der Waals surface area (Å²) in [6.07, 6.45) is 0. The van der Waals surface area contributed by atoms with E-state index in [-0.39, 0.29) is 11.3 Å². The van der Waals surface area contributed by atoms with Crippen LogP contribution in [0.2, 0.25) is 0 Å². The Kier molecular flexibility index (Phi) is 4.16. The average Bonchev–Trinajstić information content (AvgIpc) is 2.57. The molecule has 0 radical (unpaired) electrons. The lowest BCUT2D eigenvalue weighted by molar-refractivity contribution is 0.102. The zero-order chi connectivity index (χ0) is 17.3. The van der Waals surface area contributed by atoms with Crippen molar-refractivity contribution in [3.8, 4) is 0 Å². The number of rotatable bonds is 3. The molecule has 0 saturated heterocycles. The van der Waals surface area contributed by atoms with E-state index >= 15 is 0 Å². The van der Waals surface area contributed by atoms with E-state index in [0.29, 0.717) is 17.7 Å². The van der Waals surface area contributed by atoms with Gasteiger partial charge in [0.05, 0.1) is 11.0 Å². The molecule has 1 aromatic heterocycles. The molecule has 1 N–H and O–H groups in total. The number of aromatic nitrogens is 2. The summed E-state index contributed by atoms with van der Waals surface area (Å²) in [6.45, 7) is 6.33. The maximum atomic E-state index is 12.6. The van der Waals surface area contributed by atoms with Crippen LogP contribution in [0.15, 0.2) is 47.3 Å². The molecule has 0 aliphatic rings. The fourth-order valence-electron chi connectivity index (χ4n) is 2.66. The number of aryl methyl sites for hydroxylation is 3. The highest BCUT2D eigenvalue weighted by Gasteiger charge is 2.17. The standard InChI is InChI=1S/C19H19N3O2/c1-4-22-16-8-6-5-7-15(16)21-17(19(22)24)18(23)20-14-10-9-12(2)13(3)11-14/h5-11H,4H2,1-3H3,(H,20,23).